The summed E-state index contributed by atoms with van der Waals surface area (Å²) in [5.74, 6) is -0.298. The fourth-order valence-electron chi connectivity index (χ4n) is 2.09. The molecule has 2 unspecified atom stereocenters. The van der Waals surface area contributed by atoms with E-state index in [1.54, 1.807) is 6.08 Å². The molecule has 3 nitrogen and oxygen atoms in total. The molecule has 1 rings (SSSR count). The van der Waals surface area contributed by atoms with Crippen molar-refractivity contribution in [3.05, 3.63) is 12.7 Å². The van der Waals surface area contributed by atoms with Crippen LogP contribution in [0.5, 0.6) is 0 Å². The molecule has 1 amide bonds. The maximum Gasteiger partial charge on any atom is 0.225 e. The molecule has 2 N–H and O–H groups in total. The van der Waals surface area contributed by atoms with Crippen LogP contribution in [-0.2, 0) is 4.79 Å². The molecule has 0 saturated heterocycles. The van der Waals surface area contributed by atoms with Crippen LogP contribution in [0.15, 0.2) is 12.7 Å². The Morgan fingerprint density at radius 3 is 2.71 bits per heavy atom. The van der Waals surface area contributed by atoms with Gasteiger partial charge in [-0.3, -0.25) is 4.79 Å². The first-order valence-corrected chi connectivity index (χ1v) is 5.03. The fourth-order valence-corrected chi connectivity index (χ4v) is 2.09. The van der Waals surface area contributed by atoms with Gasteiger partial charge >= 0.3 is 0 Å². The SMILES string of the molecule is C=CCNC(=O)C1CC(C)(C)CC1O. The molecule has 80 valence electrons. The number of aliphatic hydroxyl groups is 1. The normalized spacial score (nSPS) is 29.9. The quantitative estimate of drug-likeness (QED) is 0.665. The monoisotopic (exact) mass is 197 g/mol. The van der Waals surface area contributed by atoms with E-state index in [4.69, 9.17) is 0 Å². The van der Waals surface area contributed by atoms with Crippen LogP contribution in [-0.4, -0.2) is 23.7 Å². The molecule has 1 aliphatic carbocycles. The Bertz CT molecular complexity index is 235. The first-order valence-electron chi connectivity index (χ1n) is 5.03. The van der Waals surface area contributed by atoms with Crippen molar-refractivity contribution in [2.24, 2.45) is 11.3 Å². The Morgan fingerprint density at radius 1 is 1.64 bits per heavy atom. The zero-order chi connectivity index (χ0) is 10.8. The molecule has 2 atom stereocenters. The van der Waals surface area contributed by atoms with Crippen LogP contribution in [0.1, 0.15) is 26.7 Å². The van der Waals surface area contributed by atoms with Crippen molar-refractivity contribution in [2.45, 2.75) is 32.8 Å². The van der Waals surface area contributed by atoms with Gasteiger partial charge in [-0.05, 0) is 18.3 Å². The number of amides is 1. The van der Waals surface area contributed by atoms with E-state index in [0.717, 1.165) is 6.42 Å². The lowest BCUT2D eigenvalue weighted by Crippen LogP contribution is -2.34. The van der Waals surface area contributed by atoms with Gasteiger partial charge in [0.15, 0.2) is 0 Å². The molecule has 0 spiro atoms. The number of carbonyl (C=O) groups excluding carboxylic acids is 1. The van der Waals surface area contributed by atoms with Gasteiger partial charge in [-0.1, -0.05) is 19.9 Å². The molecule has 0 aromatic heterocycles. The van der Waals surface area contributed by atoms with Crippen LogP contribution < -0.4 is 5.32 Å². The standard InChI is InChI=1S/C11H19NO2/c1-4-5-12-10(14)8-6-11(2,3)7-9(8)13/h4,8-9,13H,1,5-7H2,2-3H3,(H,12,14). The molecule has 0 bridgehead atoms. The number of nitrogens with one attached hydrogen (secondary N) is 1. The maximum absolute atomic E-state index is 11.6. The topological polar surface area (TPSA) is 49.3 Å². The first kappa shape index (κ1) is 11.2. The molecule has 0 aromatic rings. The summed E-state index contributed by atoms with van der Waals surface area (Å²) in [7, 11) is 0. The summed E-state index contributed by atoms with van der Waals surface area (Å²) in [5.41, 5.74) is 0.0790. The molecular weight excluding hydrogens is 178 g/mol. The van der Waals surface area contributed by atoms with Crippen molar-refractivity contribution < 1.29 is 9.90 Å². The van der Waals surface area contributed by atoms with Crippen molar-refractivity contribution in [3.8, 4) is 0 Å². The van der Waals surface area contributed by atoms with Crippen LogP contribution >= 0.6 is 0 Å². The minimum atomic E-state index is -0.491. The highest BCUT2D eigenvalue weighted by atomic mass is 16.3. The summed E-state index contributed by atoms with van der Waals surface area (Å²) in [6, 6.07) is 0. The first-order chi connectivity index (χ1) is 6.46. The van der Waals surface area contributed by atoms with E-state index in [1.807, 2.05) is 0 Å². The molecule has 3 heteroatoms. The van der Waals surface area contributed by atoms with Gasteiger partial charge in [0.25, 0.3) is 0 Å². The third kappa shape index (κ3) is 2.58. The van der Waals surface area contributed by atoms with Crippen LogP contribution in [0, 0.1) is 11.3 Å². The average Bonchev–Trinajstić information content (AvgIpc) is 2.35. The number of hydrogen-bond donors (Lipinski definition) is 2. The van der Waals surface area contributed by atoms with E-state index < -0.39 is 6.10 Å². The molecule has 0 heterocycles. The second-order valence-corrected chi connectivity index (χ2v) is 4.78. The van der Waals surface area contributed by atoms with Gasteiger partial charge in [0.2, 0.25) is 5.91 Å². The molecule has 14 heavy (non-hydrogen) atoms. The number of hydrogen-bond acceptors (Lipinski definition) is 2. The third-order valence-electron chi connectivity index (χ3n) is 2.76. The van der Waals surface area contributed by atoms with E-state index in [1.165, 1.54) is 0 Å². The molecule has 1 fully saturated rings. The van der Waals surface area contributed by atoms with E-state index in [-0.39, 0.29) is 17.2 Å². The largest absolute Gasteiger partial charge is 0.392 e. The summed E-state index contributed by atoms with van der Waals surface area (Å²) in [6.45, 7) is 8.17. The Kier molecular flexibility index (Phi) is 3.32. The Morgan fingerprint density at radius 2 is 2.29 bits per heavy atom. The smallest absolute Gasteiger partial charge is 0.225 e. The van der Waals surface area contributed by atoms with Crippen LogP contribution in [0.3, 0.4) is 0 Å². The number of aliphatic hydroxyl groups excluding tert-OH is 1. The minimum absolute atomic E-state index is 0.0528. The van der Waals surface area contributed by atoms with Gasteiger partial charge in [-0.25, -0.2) is 0 Å². The summed E-state index contributed by atoms with van der Waals surface area (Å²) < 4.78 is 0. The van der Waals surface area contributed by atoms with Gasteiger partial charge in [-0.2, -0.15) is 0 Å². The van der Waals surface area contributed by atoms with E-state index in [2.05, 4.69) is 25.7 Å². The Hall–Kier alpha value is -0.830. The van der Waals surface area contributed by atoms with Gasteiger partial charge < -0.3 is 10.4 Å². The van der Waals surface area contributed by atoms with Crippen LogP contribution in [0.2, 0.25) is 0 Å². The van der Waals surface area contributed by atoms with Crippen molar-refractivity contribution in [1.29, 1.82) is 0 Å². The summed E-state index contributed by atoms with van der Waals surface area (Å²) in [4.78, 5) is 11.6. The van der Waals surface area contributed by atoms with Gasteiger partial charge in [0.05, 0.1) is 12.0 Å². The zero-order valence-corrected chi connectivity index (χ0v) is 8.92. The molecule has 0 aliphatic heterocycles. The van der Waals surface area contributed by atoms with E-state index in [0.29, 0.717) is 13.0 Å². The van der Waals surface area contributed by atoms with Crippen LogP contribution in [0.25, 0.3) is 0 Å². The molecule has 0 radical (unpaired) electrons. The zero-order valence-electron chi connectivity index (χ0n) is 8.92. The lowest BCUT2D eigenvalue weighted by molar-refractivity contribution is -0.127. The molecule has 1 saturated carbocycles. The van der Waals surface area contributed by atoms with Crippen molar-refractivity contribution in [1.82, 2.24) is 5.32 Å². The average molecular weight is 197 g/mol. The predicted molar refractivity (Wildman–Crippen MR) is 55.7 cm³/mol. The van der Waals surface area contributed by atoms with Gasteiger partial charge in [0, 0.05) is 6.54 Å². The maximum atomic E-state index is 11.6. The van der Waals surface area contributed by atoms with Gasteiger partial charge in [0.1, 0.15) is 0 Å². The lowest BCUT2D eigenvalue weighted by Gasteiger charge is -2.16. The van der Waals surface area contributed by atoms with Crippen LogP contribution in [0.4, 0.5) is 0 Å². The molecule has 0 aromatic carbocycles. The second kappa shape index (κ2) is 4.13. The minimum Gasteiger partial charge on any atom is -0.392 e. The van der Waals surface area contributed by atoms with Crippen molar-refractivity contribution in [3.63, 3.8) is 0 Å². The highest BCUT2D eigenvalue weighted by Crippen LogP contribution is 2.41. The van der Waals surface area contributed by atoms with E-state index >= 15 is 0 Å². The molecular formula is C11H19NO2. The van der Waals surface area contributed by atoms with Crippen molar-refractivity contribution in [2.75, 3.05) is 6.54 Å². The Labute approximate surface area is 85.2 Å². The summed E-state index contributed by atoms with van der Waals surface area (Å²) in [5, 5.41) is 12.4. The summed E-state index contributed by atoms with van der Waals surface area (Å²) in [6.07, 6.45) is 2.62. The number of rotatable bonds is 3. The lowest BCUT2D eigenvalue weighted by atomic mass is 9.90. The number of carbonyl (C=O) groups is 1. The summed E-state index contributed by atoms with van der Waals surface area (Å²) >= 11 is 0. The predicted octanol–water partition coefficient (Wildman–Crippen LogP) is 1.09. The van der Waals surface area contributed by atoms with Gasteiger partial charge in [-0.15, -0.1) is 6.58 Å². The fraction of sp³-hybridized carbons (Fsp3) is 0.727. The molecule has 1 aliphatic rings. The Balaban J connectivity index is 2.52. The second-order valence-electron chi connectivity index (χ2n) is 4.78. The van der Waals surface area contributed by atoms with Crippen molar-refractivity contribution >= 4 is 5.91 Å². The van der Waals surface area contributed by atoms with E-state index in [9.17, 15) is 9.90 Å². The third-order valence-corrected chi connectivity index (χ3v) is 2.76. The highest BCUT2D eigenvalue weighted by Gasteiger charge is 2.41. The highest BCUT2D eigenvalue weighted by molar-refractivity contribution is 5.79.